The Labute approximate surface area is 122 Å². The molecule has 2 N–H and O–H groups in total. The van der Waals surface area contributed by atoms with Crippen molar-refractivity contribution in [3.05, 3.63) is 60.2 Å². The molecule has 6 heteroatoms. The molecular weight excluding hydrogens is 273 g/mol. The molecule has 4 nitrogen and oxygen atoms in total. The molecule has 0 aliphatic heterocycles. The van der Waals surface area contributed by atoms with Crippen LogP contribution < -0.4 is 10.2 Å². The van der Waals surface area contributed by atoms with E-state index in [1.54, 1.807) is 18.2 Å². The third-order valence-corrected chi connectivity index (χ3v) is 3.86. The third-order valence-electron chi connectivity index (χ3n) is 2.81. The summed E-state index contributed by atoms with van der Waals surface area (Å²) in [4.78, 5) is 0. The minimum Gasteiger partial charge on any atom is -0.593 e. The van der Waals surface area contributed by atoms with E-state index < -0.39 is 18.5 Å². The third kappa shape index (κ3) is 4.01. The van der Waals surface area contributed by atoms with Crippen LogP contribution in [0.15, 0.2) is 54.6 Å². The second-order valence-electron chi connectivity index (χ2n) is 4.25. The van der Waals surface area contributed by atoms with Gasteiger partial charge >= 0.3 is 7.12 Å². The number of anilines is 1. The minimum absolute atomic E-state index is 0.401. The lowest BCUT2D eigenvalue weighted by atomic mass is 9.78. The zero-order valence-corrected chi connectivity index (χ0v) is 12.0. The van der Waals surface area contributed by atoms with Gasteiger partial charge in [-0.1, -0.05) is 48.5 Å². The summed E-state index contributed by atoms with van der Waals surface area (Å²) in [5.41, 5.74) is 2.16. The van der Waals surface area contributed by atoms with Crippen LogP contribution in [0.1, 0.15) is 5.56 Å². The molecule has 2 aromatic carbocycles. The number of hydrogen-bond donors (Lipinski definition) is 2. The van der Waals surface area contributed by atoms with Crippen molar-refractivity contribution in [3.8, 4) is 0 Å². The van der Waals surface area contributed by atoms with Gasteiger partial charge in [-0.3, -0.25) is 0 Å². The molecule has 0 radical (unpaired) electrons. The van der Waals surface area contributed by atoms with Gasteiger partial charge in [0.2, 0.25) is 0 Å². The smallest absolute Gasteiger partial charge is 0.493 e. The largest absolute Gasteiger partial charge is 0.593 e. The maximum Gasteiger partial charge on any atom is 0.493 e. The van der Waals surface area contributed by atoms with E-state index in [1.807, 2.05) is 36.4 Å². The van der Waals surface area contributed by atoms with Crippen LogP contribution in [0.4, 0.5) is 5.69 Å². The van der Waals surface area contributed by atoms with Gasteiger partial charge in [0, 0.05) is 18.1 Å². The molecule has 0 heterocycles. The number of benzene rings is 2. The van der Waals surface area contributed by atoms with Crippen LogP contribution in [-0.4, -0.2) is 23.8 Å². The first kappa shape index (κ1) is 14.9. The van der Waals surface area contributed by atoms with Crippen molar-refractivity contribution in [1.29, 1.82) is 0 Å². The fourth-order valence-corrected chi connectivity index (χ4v) is 2.82. The molecule has 2 rings (SSSR count). The Morgan fingerprint density at radius 2 is 1.80 bits per heavy atom. The van der Waals surface area contributed by atoms with E-state index in [9.17, 15) is 9.58 Å². The molecule has 0 aromatic heterocycles. The zero-order chi connectivity index (χ0) is 14.4. The molecule has 1 unspecified atom stereocenters. The Kier molecular flexibility index (Phi) is 5.49. The van der Waals surface area contributed by atoms with Gasteiger partial charge in [0.15, 0.2) is 5.75 Å². The van der Waals surface area contributed by atoms with Crippen LogP contribution >= 0.6 is 0 Å². The molecule has 1 atom stereocenters. The van der Waals surface area contributed by atoms with Crippen molar-refractivity contribution in [2.75, 3.05) is 11.8 Å². The van der Waals surface area contributed by atoms with E-state index in [0.29, 0.717) is 16.9 Å². The second kappa shape index (κ2) is 7.35. The molecule has 0 saturated heterocycles. The summed E-state index contributed by atoms with van der Waals surface area (Å²) in [6.07, 6.45) is 0. The van der Waals surface area contributed by atoms with Gasteiger partial charge in [0.1, 0.15) is 0 Å². The van der Waals surface area contributed by atoms with E-state index >= 15 is 0 Å². The summed E-state index contributed by atoms with van der Waals surface area (Å²) in [6.45, 7) is 0. The van der Waals surface area contributed by atoms with Gasteiger partial charge in [-0.15, -0.1) is 0 Å². The van der Waals surface area contributed by atoms with Crippen molar-refractivity contribution in [3.63, 3.8) is 0 Å². The number of para-hydroxylation sites is 1. The predicted octanol–water partition coefficient (Wildman–Crippen LogP) is 1.30. The van der Waals surface area contributed by atoms with Gasteiger partial charge in [0.25, 0.3) is 0 Å². The SMILES string of the molecule is COB(O)c1ccccc1N[S+]([O-])Cc1ccccc1. The fourth-order valence-electron chi connectivity index (χ4n) is 1.82. The Morgan fingerprint density at radius 1 is 1.15 bits per heavy atom. The average molecular weight is 289 g/mol. The molecule has 0 fully saturated rings. The van der Waals surface area contributed by atoms with Crippen molar-refractivity contribution in [2.24, 2.45) is 0 Å². The molecule has 0 amide bonds. The monoisotopic (exact) mass is 289 g/mol. The highest BCUT2D eigenvalue weighted by Gasteiger charge is 2.20. The Morgan fingerprint density at radius 3 is 2.50 bits per heavy atom. The lowest BCUT2D eigenvalue weighted by Crippen LogP contribution is -2.35. The van der Waals surface area contributed by atoms with Crippen LogP contribution in [0.25, 0.3) is 0 Å². The van der Waals surface area contributed by atoms with E-state index in [2.05, 4.69) is 4.72 Å². The lowest BCUT2D eigenvalue weighted by molar-refractivity contribution is 0.342. The Hall–Kier alpha value is -1.47. The quantitative estimate of drug-likeness (QED) is 0.621. The first-order valence-electron chi connectivity index (χ1n) is 6.19. The van der Waals surface area contributed by atoms with Crippen LogP contribution in [0.5, 0.6) is 0 Å². The van der Waals surface area contributed by atoms with Gasteiger partial charge in [-0.05, 0) is 6.07 Å². The average Bonchev–Trinajstić information content (AvgIpc) is 2.48. The Bertz CT molecular complexity index is 541. The van der Waals surface area contributed by atoms with E-state index in [1.165, 1.54) is 7.11 Å². The van der Waals surface area contributed by atoms with Gasteiger partial charge in [-0.2, -0.15) is 0 Å². The first-order chi connectivity index (χ1) is 9.70. The topological polar surface area (TPSA) is 64.5 Å². The number of hydrogen-bond acceptors (Lipinski definition) is 4. The Balaban J connectivity index is 2.06. The van der Waals surface area contributed by atoms with E-state index in [-0.39, 0.29) is 0 Å². The summed E-state index contributed by atoms with van der Waals surface area (Å²) < 4.78 is 19.9. The maximum atomic E-state index is 12.1. The van der Waals surface area contributed by atoms with Crippen molar-refractivity contribution < 1.29 is 14.2 Å². The van der Waals surface area contributed by atoms with Crippen LogP contribution in [-0.2, 0) is 21.8 Å². The summed E-state index contributed by atoms with van der Waals surface area (Å²) in [5.74, 6) is 0.401. The van der Waals surface area contributed by atoms with Crippen LogP contribution in [0.2, 0.25) is 0 Å². The highest BCUT2D eigenvalue weighted by atomic mass is 32.2. The summed E-state index contributed by atoms with van der Waals surface area (Å²) in [5, 5.41) is 9.75. The second-order valence-corrected chi connectivity index (χ2v) is 5.44. The predicted molar refractivity (Wildman–Crippen MR) is 83.0 cm³/mol. The molecule has 2 aromatic rings. The highest BCUT2D eigenvalue weighted by molar-refractivity contribution is 7.91. The lowest BCUT2D eigenvalue weighted by Gasteiger charge is -2.15. The molecule has 0 bridgehead atoms. The summed E-state index contributed by atoms with van der Waals surface area (Å²) >= 11 is -1.27. The fraction of sp³-hybridized carbons (Fsp3) is 0.143. The van der Waals surface area contributed by atoms with Gasteiger partial charge < -0.3 is 14.2 Å². The zero-order valence-electron chi connectivity index (χ0n) is 11.2. The summed E-state index contributed by atoms with van der Waals surface area (Å²) in [7, 11) is 0.384. The normalized spacial score (nSPS) is 11.9. The van der Waals surface area contributed by atoms with Crippen molar-refractivity contribution in [2.45, 2.75) is 5.75 Å². The molecule has 20 heavy (non-hydrogen) atoms. The van der Waals surface area contributed by atoms with Crippen LogP contribution in [0.3, 0.4) is 0 Å². The maximum absolute atomic E-state index is 12.1. The highest BCUT2D eigenvalue weighted by Crippen LogP contribution is 2.11. The summed E-state index contributed by atoms with van der Waals surface area (Å²) in [6, 6.07) is 16.7. The minimum atomic E-state index is -1.27. The van der Waals surface area contributed by atoms with Gasteiger partial charge in [-0.25, -0.2) is 4.72 Å². The van der Waals surface area contributed by atoms with Crippen LogP contribution in [0, 0.1) is 0 Å². The molecule has 104 valence electrons. The molecule has 0 saturated carbocycles. The van der Waals surface area contributed by atoms with Crippen molar-refractivity contribution in [1.82, 2.24) is 0 Å². The first-order valence-corrected chi connectivity index (χ1v) is 7.51. The molecule has 0 aliphatic carbocycles. The molecule has 0 aliphatic rings. The van der Waals surface area contributed by atoms with Gasteiger partial charge in [0.05, 0.1) is 17.0 Å². The number of nitrogens with one attached hydrogen (secondary N) is 1. The van der Waals surface area contributed by atoms with E-state index in [4.69, 9.17) is 4.65 Å². The molecule has 0 spiro atoms. The molecular formula is C14H16BNO3S. The standard InChI is InChI=1S/C14H16BNO3S/c1-19-15(17)13-9-5-6-10-14(13)16-20(18)11-12-7-3-2-4-8-12/h2-10,16-17H,11H2,1H3. The number of rotatable bonds is 6. The van der Waals surface area contributed by atoms with Crippen molar-refractivity contribution >= 4 is 29.6 Å². The van der Waals surface area contributed by atoms with E-state index in [0.717, 1.165) is 5.56 Å².